The van der Waals surface area contributed by atoms with Crippen LogP contribution in [0.25, 0.3) is 11.0 Å². The number of piperidine rings is 1. The SMILES string of the molecule is Cc1ccc(COc2ccc3oc(C)c(C(=O)NC4CCN(C)CC4)c3c2)cc1. The van der Waals surface area contributed by atoms with Crippen LogP contribution in [-0.2, 0) is 6.61 Å². The molecule has 5 nitrogen and oxygen atoms in total. The molecule has 152 valence electrons. The van der Waals surface area contributed by atoms with Crippen LogP contribution in [0.1, 0.15) is 40.1 Å². The van der Waals surface area contributed by atoms with Gasteiger partial charge < -0.3 is 19.4 Å². The molecule has 1 saturated heterocycles. The Morgan fingerprint density at radius 3 is 2.59 bits per heavy atom. The second-order valence-electron chi connectivity index (χ2n) is 8.02. The van der Waals surface area contributed by atoms with Gasteiger partial charge in [0.05, 0.1) is 5.56 Å². The van der Waals surface area contributed by atoms with Crippen molar-refractivity contribution in [2.45, 2.75) is 39.3 Å². The minimum atomic E-state index is -0.0634. The number of amides is 1. The lowest BCUT2D eigenvalue weighted by molar-refractivity contribution is 0.0917. The minimum absolute atomic E-state index is 0.0634. The summed E-state index contributed by atoms with van der Waals surface area (Å²) in [7, 11) is 2.11. The van der Waals surface area contributed by atoms with Crippen LogP contribution < -0.4 is 10.1 Å². The molecule has 0 spiro atoms. The molecule has 3 aromatic rings. The summed E-state index contributed by atoms with van der Waals surface area (Å²) in [5.41, 5.74) is 3.65. The Bertz CT molecular complexity index is 999. The number of ether oxygens (including phenoxy) is 1. The van der Waals surface area contributed by atoms with Gasteiger partial charge in [0.2, 0.25) is 0 Å². The van der Waals surface area contributed by atoms with E-state index in [1.54, 1.807) is 0 Å². The fourth-order valence-corrected chi connectivity index (χ4v) is 3.83. The van der Waals surface area contributed by atoms with Crippen molar-refractivity contribution in [2.75, 3.05) is 20.1 Å². The van der Waals surface area contributed by atoms with Gasteiger partial charge in [-0.1, -0.05) is 29.8 Å². The Hall–Kier alpha value is -2.79. The summed E-state index contributed by atoms with van der Waals surface area (Å²) in [6.45, 7) is 6.41. The fraction of sp³-hybridized carbons (Fsp3) is 0.375. The lowest BCUT2D eigenvalue weighted by Gasteiger charge is -2.29. The summed E-state index contributed by atoms with van der Waals surface area (Å²) in [5, 5.41) is 3.99. The molecule has 29 heavy (non-hydrogen) atoms. The predicted molar refractivity (Wildman–Crippen MR) is 114 cm³/mol. The first-order valence-corrected chi connectivity index (χ1v) is 10.2. The van der Waals surface area contributed by atoms with Gasteiger partial charge in [-0.15, -0.1) is 0 Å². The molecule has 0 radical (unpaired) electrons. The van der Waals surface area contributed by atoms with E-state index in [1.165, 1.54) is 5.56 Å². The van der Waals surface area contributed by atoms with Crippen LogP contribution in [0.2, 0.25) is 0 Å². The van der Waals surface area contributed by atoms with Gasteiger partial charge in [-0.3, -0.25) is 4.79 Å². The largest absolute Gasteiger partial charge is 0.489 e. The maximum Gasteiger partial charge on any atom is 0.255 e. The monoisotopic (exact) mass is 392 g/mol. The molecule has 1 aliphatic heterocycles. The zero-order valence-corrected chi connectivity index (χ0v) is 17.3. The van der Waals surface area contributed by atoms with E-state index >= 15 is 0 Å². The minimum Gasteiger partial charge on any atom is -0.489 e. The Balaban J connectivity index is 1.51. The van der Waals surface area contributed by atoms with Crippen LogP contribution in [-0.4, -0.2) is 37.0 Å². The Kier molecular flexibility index (Phi) is 5.58. The molecule has 1 aromatic heterocycles. The molecule has 0 unspecified atom stereocenters. The van der Waals surface area contributed by atoms with E-state index in [9.17, 15) is 4.79 Å². The number of rotatable bonds is 5. The van der Waals surface area contributed by atoms with E-state index in [0.717, 1.165) is 42.6 Å². The number of hydrogen-bond acceptors (Lipinski definition) is 4. The number of furan rings is 1. The summed E-state index contributed by atoms with van der Waals surface area (Å²) in [5.74, 6) is 1.31. The summed E-state index contributed by atoms with van der Waals surface area (Å²) in [6.07, 6.45) is 1.95. The zero-order chi connectivity index (χ0) is 20.4. The second-order valence-corrected chi connectivity index (χ2v) is 8.02. The van der Waals surface area contributed by atoms with Gasteiger partial charge in [-0.25, -0.2) is 0 Å². The number of likely N-dealkylation sites (tertiary alicyclic amines) is 1. The molecule has 5 heteroatoms. The van der Waals surface area contributed by atoms with Crippen molar-refractivity contribution >= 4 is 16.9 Å². The topological polar surface area (TPSA) is 54.7 Å². The van der Waals surface area contributed by atoms with E-state index in [0.29, 0.717) is 23.5 Å². The van der Waals surface area contributed by atoms with Crippen molar-refractivity contribution in [1.29, 1.82) is 0 Å². The molecule has 0 bridgehead atoms. The van der Waals surface area contributed by atoms with Crippen LogP contribution in [0.15, 0.2) is 46.9 Å². The zero-order valence-electron chi connectivity index (χ0n) is 17.3. The number of carbonyl (C=O) groups is 1. The van der Waals surface area contributed by atoms with Crippen molar-refractivity contribution in [3.8, 4) is 5.75 Å². The molecule has 2 aromatic carbocycles. The lowest BCUT2D eigenvalue weighted by Crippen LogP contribution is -2.43. The number of carbonyl (C=O) groups excluding carboxylic acids is 1. The molecular weight excluding hydrogens is 364 g/mol. The molecule has 4 rings (SSSR count). The van der Waals surface area contributed by atoms with Crippen molar-refractivity contribution < 1.29 is 13.9 Å². The third-order valence-corrected chi connectivity index (χ3v) is 5.64. The number of nitrogens with zero attached hydrogens (tertiary/aromatic N) is 1. The van der Waals surface area contributed by atoms with Crippen molar-refractivity contribution in [3.05, 3.63) is 64.9 Å². The van der Waals surface area contributed by atoms with Crippen LogP contribution in [0.5, 0.6) is 5.75 Å². The smallest absolute Gasteiger partial charge is 0.255 e. The molecule has 2 heterocycles. The number of nitrogens with one attached hydrogen (secondary N) is 1. The summed E-state index contributed by atoms with van der Waals surface area (Å²) < 4.78 is 11.8. The van der Waals surface area contributed by atoms with Gasteiger partial charge in [0.1, 0.15) is 23.7 Å². The number of benzene rings is 2. The average molecular weight is 392 g/mol. The van der Waals surface area contributed by atoms with E-state index < -0.39 is 0 Å². The van der Waals surface area contributed by atoms with Crippen LogP contribution in [0.3, 0.4) is 0 Å². The van der Waals surface area contributed by atoms with Crippen molar-refractivity contribution in [1.82, 2.24) is 10.2 Å². The number of fused-ring (bicyclic) bond motifs is 1. The number of aryl methyl sites for hydroxylation is 2. The molecule has 0 atom stereocenters. The first-order valence-electron chi connectivity index (χ1n) is 10.2. The van der Waals surface area contributed by atoms with Crippen molar-refractivity contribution in [3.63, 3.8) is 0 Å². The van der Waals surface area contributed by atoms with Gasteiger partial charge in [0.25, 0.3) is 5.91 Å². The van der Waals surface area contributed by atoms with Gasteiger partial charge in [0, 0.05) is 11.4 Å². The molecular formula is C24H28N2O3. The van der Waals surface area contributed by atoms with Crippen LogP contribution >= 0.6 is 0 Å². The quantitative estimate of drug-likeness (QED) is 0.697. The van der Waals surface area contributed by atoms with Gasteiger partial charge in [-0.2, -0.15) is 0 Å². The highest BCUT2D eigenvalue weighted by Gasteiger charge is 2.23. The molecule has 1 fully saturated rings. The second kappa shape index (κ2) is 8.29. The number of hydrogen-bond donors (Lipinski definition) is 1. The lowest BCUT2D eigenvalue weighted by atomic mass is 10.0. The first-order chi connectivity index (χ1) is 14.0. The highest BCUT2D eigenvalue weighted by Crippen LogP contribution is 2.30. The van der Waals surface area contributed by atoms with E-state index in [1.807, 2.05) is 25.1 Å². The van der Waals surface area contributed by atoms with Gasteiger partial charge in [0.15, 0.2) is 0 Å². The molecule has 0 saturated carbocycles. The molecule has 1 N–H and O–H groups in total. The first kappa shape index (κ1) is 19.5. The van der Waals surface area contributed by atoms with Crippen LogP contribution in [0.4, 0.5) is 0 Å². The summed E-state index contributed by atoms with van der Waals surface area (Å²) in [6, 6.07) is 14.2. The standard InChI is InChI=1S/C24H28N2O3/c1-16-4-6-18(7-5-16)15-28-20-8-9-22-21(14-20)23(17(2)29-22)24(27)25-19-10-12-26(3)13-11-19/h4-9,14,19H,10-13,15H2,1-3H3,(H,25,27). The van der Waals surface area contributed by atoms with Crippen LogP contribution in [0, 0.1) is 13.8 Å². The maximum atomic E-state index is 13.0. The Morgan fingerprint density at radius 1 is 1.14 bits per heavy atom. The van der Waals surface area contributed by atoms with Gasteiger partial charge >= 0.3 is 0 Å². The molecule has 1 aliphatic rings. The van der Waals surface area contributed by atoms with Crippen molar-refractivity contribution in [2.24, 2.45) is 0 Å². The Labute approximate surface area is 171 Å². The van der Waals surface area contributed by atoms with E-state index in [4.69, 9.17) is 9.15 Å². The van der Waals surface area contributed by atoms with E-state index in [2.05, 4.69) is 48.5 Å². The average Bonchev–Trinajstić information content (AvgIpc) is 3.04. The van der Waals surface area contributed by atoms with Gasteiger partial charge in [-0.05, 0) is 70.6 Å². The third-order valence-electron chi connectivity index (χ3n) is 5.64. The highest BCUT2D eigenvalue weighted by atomic mass is 16.5. The summed E-state index contributed by atoms with van der Waals surface area (Å²) >= 11 is 0. The normalized spacial score (nSPS) is 15.6. The molecule has 0 aliphatic carbocycles. The summed E-state index contributed by atoms with van der Waals surface area (Å²) in [4.78, 5) is 15.3. The Morgan fingerprint density at radius 2 is 1.86 bits per heavy atom. The van der Waals surface area contributed by atoms with E-state index in [-0.39, 0.29) is 11.9 Å². The molecule has 1 amide bonds. The fourth-order valence-electron chi connectivity index (χ4n) is 3.83. The predicted octanol–water partition coefficient (Wildman–Crippen LogP) is 4.45. The highest BCUT2D eigenvalue weighted by molar-refractivity contribution is 6.07. The maximum absolute atomic E-state index is 13.0. The third kappa shape index (κ3) is 4.46.